The molecule has 0 radical (unpaired) electrons. The van der Waals surface area contributed by atoms with E-state index in [4.69, 9.17) is 9.84 Å². The fourth-order valence-electron chi connectivity index (χ4n) is 5.80. The smallest absolute Gasteiger partial charge is 0.306 e. The molecule has 0 amide bonds. The zero-order valence-corrected chi connectivity index (χ0v) is 29.5. The molecule has 4 heteroatoms. The zero-order valence-electron chi connectivity index (χ0n) is 29.5. The second-order valence-electron chi connectivity index (χ2n) is 13.1. The highest BCUT2D eigenvalue weighted by Gasteiger charge is 2.14. The van der Waals surface area contributed by atoms with E-state index in [1.807, 2.05) is 0 Å². The van der Waals surface area contributed by atoms with Crippen LogP contribution in [0.2, 0.25) is 0 Å². The lowest BCUT2D eigenvalue weighted by molar-refractivity contribution is -0.150. The highest BCUT2D eigenvalue weighted by Crippen LogP contribution is 2.19. The molecule has 0 bridgehead atoms. The summed E-state index contributed by atoms with van der Waals surface area (Å²) in [6.45, 7) is 4.51. The maximum absolute atomic E-state index is 12.6. The van der Waals surface area contributed by atoms with E-state index in [0.29, 0.717) is 6.42 Å². The molecule has 1 N–H and O–H groups in total. The summed E-state index contributed by atoms with van der Waals surface area (Å²) in [6, 6.07) is 0. The Morgan fingerprint density at radius 2 is 0.886 bits per heavy atom. The number of unbranched alkanes of at least 4 members (excludes halogenated alkanes) is 22. The average molecular weight is 619 g/mol. The van der Waals surface area contributed by atoms with Gasteiger partial charge in [0.2, 0.25) is 0 Å². The number of ether oxygens (including phenoxy) is 1. The number of carbonyl (C=O) groups is 2. The molecule has 0 saturated carbocycles. The SMILES string of the molecule is CCCCC/C=C\C/C=C\CCCCCCCCCCCC(=O)OC(CCCCCCCCCC)CCCCCCC(=O)O. The van der Waals surface area contributed by atoms with Crippen LogP contribution in [0.3, 0.4) is 0 Å². The van der Waals surface area contributed by atoms with Crippen molar-refractivity contribution in [1.82, 2.24) is 0 Å². The number of carboxylic acid groups (broad SMARTS) is 1. The van der Waals surface area contributed by atoms with E-state index in [1.54, 1.807) is 0 Å². The Bertz CT molecular complexity index is 668. The lowest BCUT2D eigenvalue weighted by Crippen LogP contribution is -2.18. The van der Waals surface area contributed by atoms with Crippen molar-refractivity contribution in [3.05, 3.63) is 24.3 Å². The van der Waals surface area contributed by atoms with E-state index in [-0.39, 0.29) is 18.5 Å². The van der Waals surface area contributed by atoms with Crippen LogP contribution in [0.25, 0.3) is 0 Å². The Hall–Kier alpha value is -1.58. The minimum Gasteiger partial charge on any atom is -0.481 e. The zero-order chi connectivity index (χ0) is 32.2. The lowest BCUT2D eigenvalue weighted by Gasteiger charge is -2.18. The Balaban J connectivity index is 3.87. The van der Waals surface area contributed by atoms with Crippen LogP contribution >= 0.6 is 0 Å². The summed E-state index contributed by atoms with van der Waals surface area (Å²) in [5.41, 5.74) is 0. The molecule has 44 heavy (non-hydrogen) atoms. The van der Waals surface area contributed by atoms with Gasteiger partial charge in [0, 0.05) is 12.8 Å². The van der Waals surface area contributed by atoms with E-state index >= 15 is 0 Å². The number of carbonyl (C=O) groups excluding carboxylic acids is 1. The molecule has 0 aliphatic rings. The fourth-order valence-corrected chi connectivity index (χ4v) is 5.80. The van der Waals surface area contributed by atoms with Gasteiger partial charge < -0.3 is 9.84 Å². The Morgan fingerprint density at radius 3 is 1.39 bits per heavy atom. The standard InChI is InChI=1S/C40H74O4/c1-3-5-7-9-11-13-14-15-16-17-18-19-20-21-22-23-25-27-33-37-40(43)44-38(35-31-28-29-32-36-39(41)42)34-30-26-24-12-10-8-6-4-2/h11,13,15-16,38H,3-10,12,14,17-37H2,1-2H3,(H,41,42)/b13-11-,16-15-. The number of esters is 1. The third kappa shape index (κ3) is 34.9. The van der Waals surface area contributed by atoms with Gasteiger partial charge in [-0.15, -0.1) is 0 Å². The van der Waals surface area contributed by atoms with E-state index in [2.05, 4.69) is 38.2 Å². The van der Waals surface area contributed by atoms with Crippen LogP contribution in [0.4, 0.5) is 0 Å². The Morgan fingerprint density at radius 1 is 0.500 bits per heavy atom. The van der Waals surface area contributed by atoms with Crippen molar-refractivity contribution in [2.24, 2.45) is 0 Å². The largest absolute Gasteiger partial charge is 0.481 e. The van der Waals surface area contributed by atoms with Crippen molar-refractivity contribution in [1.29, 1.82) is 0 Å². The number of hydrogen-bond donors (Lipinski definition) is 1. The normalized spacial score (nSPS) is 12.4. The van der Waals surface area contributed by atoms with Gasteiger partial charge in [-0.25, -0.2) is 0 Å². The molecule has 258 valence electrons. The van der Waals surface area contributed by atoms with Gasteiger partial charge in [0.25, 0.3) is 0 Å². The highest BCUT2D eigenvalue weighted by molar-refractivity contribution is 5.69. The summed E-state index contributed by atoms with van der Waals surface area (Å²) in [5, 5.41) is 8.82. The molecule has 0 rings (SSSR count). The third-order valence-electron chi connectivity index (χ3n) is 8.68. The molecular weight excluding hydrogens is 544 g/mol. The van der Waals surface area contributed by atoms with Crippen LogP contribution < -0.4 is 0 Å². The molecule has 0 aromatic carbocycles. The summed E-state index contributed by atoms with van der Waals surface area (Å²) >= 11 is 0. The Labute approximate surface area is 274 Å². The predicted molar refractivity (Wildman–Crippen MR) is 190 cm³/mol. The lowest BCUT2D eigenvalue weighted by atomic mass is 10.0. The van der Waals surface area contributed by atoms with Crippen molar-refractivity contribution >= 4 is 11.9 Å². The van der Waals surface area contributed by atoms with Crippen LogP contribution in [0.15, 0.2) is 24.3 Å². The van der Waals surface area contributed by atoms with Crippen LogP contribution in [0, 0.1) is 0 Å². The van der Waals surface area contributed by atoms with Crippen LogP contribution in [-0.4, -0.2) is 23.1 Å². The van der Waals surface area contributed by atoms with Gasteiger partial charge in [0.05, 0.1) is 0 Å². The minimum atomic E-state index is -0.711. The summed E-state index contributed by atoms with van der Waals surface area (Å²) < 4.78 is 5.95. The Kier molecular flexibility index (Phi) is 34.6. The first kappa shape index (κ1) is 42.4. The van der Waals surface area contributed by atoms with Crippen molar-refractivity contribution < 1.29 is 19.4 Å². The van der Waals surface area contributed by atoms with Gasteiger partial charge in [0.1, 0.15) is 6.10 Å². The van der Waals surface area contributed by atoms with E-state index < -0.39 is 5.97 Å². The number of allylic oxidation sites excluding steroid dienone is 4. The first-order valence-corrected chi connectivity index (χ1v) is 19.3. The van der Waals surface area contributed by atoms with E-state index in [9.17, 15) is 9.59 Å². The molecule has 0 fully saturated rings. The molecule has 0 heterocycles. The van der Waals surface area contributed by atoms with Gasteiger partial charge in [-0.05, 0) is 70.6 Å². The second-order valence-corrected chi connectivity index (χ2v) is 13.1. The van der Waals surface area contributed by atoms with Gasteiger partial charge in [-0.3, -0.25) is 9.59 Å². The third-order valence-corrected chi connectivity index (χ3v) is 8.68. The monoisotopic (exact) mass is 619 g/mol. The summed E-state index contributed by atoms with van der Waals surface area (Å²) in [5.74, 6) is -0.727. The highest BCUT2D eigenvalue weighted by atomic mass is 16.5. The topological polar surface area (TPSA) is 63.6 Å². The summed E-state index contributed by atoms with van der Waals surface area (Å²) in [6.07, 6.45) is 44.8. The molecule has 1 atom stereocenters. The quantitative estimate of drug-likeness (QED) is 0.0436. The minimum absolute atomic E-state index is 0.0162. The second kappa shape index (κ2) is 35.9. The first-order valence-electron chi connectivity index (χ1n) is 19.3. The van der Waals surface area contributed by atoms with Gasteiger partial charge in [-0.1, -0.05) is 154 Å². The maximum Gasteiger partial charge on any atom is 0.306 e. The van der Waals surface area contributed by atoms with Crippen molar-refractivity contribution in [2.75, 3.05) is 0 Å². The number of rotatable bonds is 35. The molecule has 0 aromatic rings. The molecule has 4 nitrogen and oxygen atoms in total. The molecule has 1 unspecified atom stereocenters. The molecule has 0 aliphatic heterocycles. The molecule has 0 aromatic heterocycles. The number of aliphatic carboxylic acids is 1. The number of hydrogen-bond acceptors (Lipinski definition) is 3. The fraction of sp³-hybridized carbons (Fsp3) is 0.850. The van der Waals surface area contributed by atoms with Crippen LogP contribution in [-0.2, 0) is 14.3 Å². The van der Waals surface area contributed by atoms with Crippen molar-refractivity contribution in [3.63, 3.8) is 0 Å². The first-order chi connectivity index (χ1) is 21.6. The van der Waals surface area contributed by atoms with Gasteiger partial charge in [0.15, 0.2) is 0 Å². The molecule has 0 aliphatic carbocycles. The van der Waals surface area contributed by atoms with Crippen LogP contribution in [0.5, 0.6) is 0 Å². The van der Waals surface area contributed by atoms with E-state index in [1.165, 1.54) is 122 Å². The average Bonchev–Trinajstić information content (AvgIpc) is 3.01. The predicted octanol–water partition coefficient (Wildman–Crippen LogP) is 13.2. The maximum atomic E-state index is 12.6. The van der Waals surface area contributed by atoms with Gasteiger partial charge in [-0.2, -0.15) is 0 Å². The van der Waals surface area contributed by atoms with Crippen molar-refractivity contribution in [2.45, 2.75) is 219 Å². The van der Waals surface area contributed by atoms with E-state index in [0.717, 1.165) is 64.2 Å². The number of carboxylic acids is 1. The molecule has 0 saturated heterocycles. The summed E-state index contributed by atoms with van der Waals surface area (Å²) in [4.78, 5) is 23.3. The summed E-state index contributed by atoms with van der Waals surface area (Å²) in [7, 11) is 0. The van der Waals surface area contributed by atoms with Crippen LogP contribution in [0.1, 0.15) is 213 Å². The van der Waals surface area contributed by atoms with Gasteiger partial charge >= 0.3 is 11.9 Å². The molecule has 0 spiro atoms. The molecular formula is C40H74O4. The van der Waals surface area contributed by atoms with Crippen molar-refractivity contribution in [3.8, 4) is 0 Å².